The van der Waals surface area contributed by atoms with Crippen LogP contribution in [0.4, 0.5) is 5.95 Å². The lowest BCUT2D eigenvalue weighted by Gasteiger charge is -2.26. The van der Waals surface area contributed by atoms with Gasteiger partial charge in [-0.05, 0) is 49.6 Å². The van der Waals surface area contributed by atoms with Crippen LogP contribution >= 0.6 is 11.3 Å². The number of thiazole rings is 1. The second-order valence-electron chi connectivity index (χ2n) is 8.97. The van der Waals surface area contributed by atoms with Crippen LogP contribution in [0.1, 0.15) is 25.7 Å². The number of aryl methyl sites for hydroxylation is 1. The van der Waals surface area contributed by atoms with Gasteiger partial charge in [-0.3, -0.25) is 14.2 Å². The zero-order valence-electron chi connectivity index (χ0n) is 19.1. The van der Waals surface area contributed by atoms with Gasteiger partial charge in [0.15, 0.2) is 0 Å². The number of nitrogens with zero attached hydrogens (tertiary/aromatic N) is 5. The van der Waals surface area contributed by atoms with Gasteiger partial charge in [0.05, 0.1) is 32.7 Å². The number of amides is 1. The SMILES string of the molecule is O=C(CCn1c(=O)sc2cc(S(=O)(=O)N3CCn4c3nc3ccccc34)ccc21)N1CCCCC1. The van der Waals surface area contributed by atoms with Crippen molar-refractivity contribution < 1.29 is 13.2 Å². The predicted molar refractivity (Wildman–Crippen MR) is 135 cm³/mol. The molecule has 0 unspecified atom stereocenters. The van der Waals surface area contributed by atoms with Gasteiger partial charge >= 0.3 is 4.87 Å². The van der Waals surface area contributed by atoms with Crippen molar-refractivity contribution in [2.75, 3.05) is 23.9 Å². The first-order valence-corrected chi connectivity index (χ1v) is 14.1. The minimum Gasteiger partial charge on any atom is -0.343 e. The number of aromatic nitrogens is 3. The molecule has 1 amide bonds. The molecule has 2 aliphatic rings. The van der Waals surface area contributed by atoms with E-state index in [0.29, 0.717) is 29.3 Å². The zero-order chi connectivity index (χ0) is 24.2. The van der Waals surface area contributed by atoms with E-state index in [1.807, 2.05) is 33.7 Å². The molecule has 0 bridgehead atoms. The highest BCUT2D eigenvalue weighted by Gasteiger charge is 2.34. The number of benzene rings is 2. The number of hydrogen-bond acceptors (Lipinski definition) is 6. The number of sulfonamides is 1. The molecule has 35 heavy (non-hydrogen) atoms. The highest BCUT2D eigenvalue weighted by Crippen LogP contribution is 2.33. The van der Waals surface area contributed by atoms with Crippen molar-refractivity contribution >= 4 is 54.5 Å². The van der Waals surface area contributed by atoms with E-state index in [-0.39, 0.29) is 28.6 Å². The summed E-state index contributed by atoms with van der Waals surface area (Å²) in [6, 6.07) is 12.4. The molecule has 1 saturated heterocycles. The third-order valence-corrected chi connectivity index (χ3v) is 9.59. The van der Waals surface area contributed by atoms with Crippen LogP contribution in [0.25, 0.3) is 21.3 Å². The molecule has 0 radical (unpaired) electrons. The predicted octanol–water partition coefficient (Wildman–Crippen LogP) is 3.02. The van der Waals surface area contributed by atoms with Crippen molar-refractivity contribution in [2.45, 2.75) is 43.7 Å². The summed E-state index contributed by atoms with van der Waals surface area (Å²) in [6.07, 6.45) is 3.46. The molecule has 9 nitrogen and oxygen atoms in total. The zero-order valence-corrected chi connectivity index (χ0v) is 20.7. The molecule has 0 N–H and O–H groups in total. The van der Waals surface area contributed by atoms with Gasteiger partial charge in [-0.25, -0.2) is 17.7 Å². The van der Waals surface area contributed by atoms with Gasteiger partial charge in [-0.15, -0.1) is 0 Å². The molecule has 6 rings (SSSR count). The molecule has 11 heteroatoms. The molecule has 0 spiro atoms. The quantitative estimate of drug-likeness (QED) is 0.410. The molecule has 0 aliphatic carbocycles. The van der Waals surface area contributed by atoms with Crippen molar-refractivity contribution in [1.29, 1.82) is 0 Å². The Morgan fingerprint density at radius 3 is 2.60 bits per heavy atom. The Hall–Kier alpha value is -3.18. The van der Waals surface area contributed by atoms with Crippen molar-refractivity contribution in [3.05, 3.63) is 52.1 Å². The molecule has 0 saturated carbocycles. The highest BCUT2D eigenvalue weighted by molar-refractivity contribution is 7.92. The first-order chi connectivity index (χ1) is 16.9. The number of anilines is 1. The maximum Gasteiger partial charge on any atom is 0.308 e. The number of piperidine rings is 1. The van der Waals surface area contributed by atoms with Crippen LogP contribution in [0.15, 0.2) is 52.2 Å². The molecule has 4 aromatic rings. The fourth-order valence-corrected chi connectivity index (χ4v) is 7.52. The van der Waals surface area contributed by atoms with E-state index in [1.54, 1.807) is 16.7 Å². The summed E-state index contributed by atoms with van der Waals surface area (Å²) in [4.78, 5) is 31.6. The maximum atomic E-state index is 13.5. The van der Waals surface area contributed by atoms with E-state index >= 15 is 0 Å². The Bertz CT molecular complexity index is 1610. The second kappa shape index (κ2) is 8.49. The number of para-hydroxylation sites is 2. The molecule has 2 aromatic heterocycles. The molecule has 182 valence electrons. The van der Waals surface area contributed by atoms with E-state index in [1.165, 1.54) is 10.4 Å². The van der Waals surface area contributed by atoms with Gasteiger partial charge in [0, 0.05) is 32.6 Å². The highest BCUT2D eigenvalue weighted by atomic mass is 32.2. The monoisotopic (exact) mass is 511 g/mol. The van der Waals surface area contributed by atoms with Gasteiger partial charge in [0.25, 0.3) is 10.0 Å². The molecule has 0 atom stereocenters. The van der Waals surface area contributed by atoms with Crippen LogP contribution in [0.3, 0.4) is 0 Å². The van der Waals surface area contributed by atoms with E-state index in [4.69, 9.17) is 0 Å². The van der Waals surface area contributed by atoms with Gasteiger partial charge < -0.3 is 9.47 Å². The van der Waals surface area contributed by atoms with Gasteiger partial charge in [-0.2, -0.15) is 0 Å². The molecule has 2 aliphatic heterocycles. The Kier molecular flexibility index (Phi) is 5.41. The number of carbonyl (C=O) groups excluding carboxylic acids is 1. The maximum absolute atomic E-state index is 13.5. The van der Waals surface area contributed by atoms with Crippen LogP contribution in [0.5, 0.6) is 0 Å². The Labute approximate surface area is 206 Å². The van der Waals surface area contributed by atoms with Crippen LogP contribution in [-0.4, -0.2) is 53.0 Å². The first-order valence-electron chi connectivity index (χ1n) is 11.8. The lowest BCUT2D eigenvalue weighted by atomic mass is 10.1. The van der Waals surface area contributed by atoms with Gasteiger partial charge in [0.2, 0.25) is 11.9 Å². The number of imidazole rings is 1. The summed E-state index contributed by atoms with van der Waals surface area (Å²) in [5, 5.41) is 0. The number of carbonyl (C=O) groups is 1. The summed E-state index contributed by atoms with van der Waals surface area (Å²) >= 11 is 1.01. The third-order valence-electron chi connectivity index (χ3n) is 6.87. The fraction of sp³-hybridized carbons (Fsp3) is 0.375. The Morgan fingerprint density at radius 1 is 0.971 bits per heavy atom. The summed E-state index contributed by atoms with van der Waals surface area (Å²) < 4.78 is 32.5. The number of rotatable bonds is 5. The minimum absolute atomic E-state index is 0.0621. The normalized spacial score (nSPS) is 16.3. The summed E-state index contributed by atoms with van der Waals surface area (Å²) in [6.45, 7) is 2.69. The van der Waals surface area contributed by atoms with Crippen LogP contribution in [-0.2, 0) is 27.9 Å². The van der Waals surface area contributed by atoms with Gasteiger partial charge in [0.1, 0.15) is 0 Å². The van der Waals surface area contributed by atoms with Crippen LogP contribution < -0.4 is 9.18 Å². The van der Waals surface area contributed by atoms with Crippen molar-refractivity contribution in [2.24, 2.45) is 0 Å². The van der Waals surface area contributed by atoms with Crippen molar-refractivity contribution in [3.8, 4) is 0 Å². The summed E-state index contributed by atoms with van der Waals surface area (Å²) in [5.74, 6) is 0.473. The molecule has 1 fully saturated rings. The first kappa shape index (κ1) is 22.3. The van der Waals surface area contributed by atoms with E-state index in [9.17, 15) is 18.0 Å². The molecule has 4 heterocycles. The molecular formula is C24H25N5O4S2. The van der Waals surface area contributed by atoms with E-state index < -0.39 is 10.0 Å². The number of fused-ring (bicyclic) bond motifs is 4. The molecule has 2 aromatic carbocycles. The second-order valence-corrected chi connectivity index (χ2v) is 11.8. The van der Waals surface area contributed by atoms with Crippen LogP contribution in [0, 0.1) is 0 Å². The standard InChI is InChI=1S/C24H25N5O4S2/c30-22(26-11-4-1-5-12-26)10-13-28-20-9-8-17(16-21(20)34-24(28)31)35(32,33)29-15-14-27-19-7-3-2-6-18(19)25-23(27)29/h2-3,6-9,16H,1,4-5,10-15H2. The van der Waals surface area contributed by atoms with Crippen molar-refractivity contribution in [3.63, 3.8) is 0 Å². The summed E-state index contributed by atoms with van der Waals surface area (Å²) in [5.41, 5.74) is 2.32. The van der Waals surface area contributed by atoms with Gasteiger partial charge in [-0.1, -0.05) is 23.5 Å². The number of hydrogen-bond donors (Lipinski definition) is 0. The Morgan fingerprint density at radius 2 is 1.77 bits per heavy atom. The largest absolute Gasteiger partial charge is 0.343 e. The smallest absolute Gasteiger partial charge is 0.308 e. The average Bonchev–Trinajstić information content (AvgIpc) is 3.53. The average molecular weight is 512 g/mol. The van der Waals surface area contributed by atoms with Crippen molar-refractivity contribution in [1.82, 2.24) is 19.0 Å². The van der Waals surface area contributed by atoms with E-state index in [2.05, 4.69) is 4.98 Å². The Balaban J connectivity index is 1.28. The minimum atomic E-state index is -3.85. The topological polar surface area (TPSA) is 97.5 Å². The lowest BCUT2D eigenvalue weighted by molar-refractivity contribution is -0.132. The number of likely N-dealkylation sites (tertiary alicyclic amines) is 1. The fourth-order valence-electron chi connectivity index (χ4n) is 5.05. The molecular weight excluding hydrogens is 486 g/mol. The summed E-state index contributed by atoms with van der Waals surface area (Å²) in [7, 11) is -3.85. The van der Waals surface area contributed by atoms with Crippen LogP contribution in [0.2, 0.25) is 0 Å². The van der Waals surface area contributed by atoms with E-state index in [0.717, 1.165) is 54.7 Å². The third kappa shape index (κ3) is 3.73. The lowest BCUT2D eigenvalue weighted by Crippen LogP contribution is -2.36.